The Morgan fingerprint density at radius 2 is 0.931 bits per heavy atom. The van der Waals surface area contributed by atoms with E-state index in [1.165, 1.54) is 51.4 Å². The fourth-order valence-electron chi connectivity index (χ4n) is 5.87. The number of likely N-dealkylation sites (N-methyl/N-ethyl adjacent to an activating group) is 1. The number of allylic oxidation sites excluding steroid dienone is 10. The van der Waals surface area contributed by atoms with Crippen molar-refractivity contribution >= 4 is 19.8 Å². The predicted molar refractivity (Wildman–Crippen MR) is 240 cm³/mol. The second-order valence-corrected chi connectivity index (χ2v) is 17.8. The number of hydrogen-bond donors (Lipinski definition) is 0. The Kier molecular flexibility index (Phi) is 38.5. The lowest BCUT2D eigenvalue weighted by molar-refractivity contribution is -0.870. The van der Waals surface area contributed by atoms with Gasteiger partial charge in [0.2, 0.25) is 0 Å². The van der Waals surface area contributed by atoms with E-state index in [9.17, 15) is 19.0 Å². The van der Waals surface area contributed by atoms with E-state index in [0.717, 1.165) is 89.9 Å². The monoisotopic (exact) mass is 836 g/mol. The minimum atomic E-state index is -4.64. The number of phosphoric ester groups is 1. The van der Waals surface area contributed by atoms with Crippen LogP contribution >= 0.6 is 7.82 Å². The molecule has 0 fully saturated rings. The van der Waals surface area contributed by atoms with Gasteiger partial charge in [-0.2, -0.15) is 0 Å². The fourth-order valence-corrected chi connectivity index (χ4v) is 6.60. The molecule has 0 spiro atoms. The van der Waals surface area contributed by atoms with Crippen molar-refractivity contribution in [1.82, 2.24) is 0 Å². The summed E-state index contributed by atoms with van der Waals surface area (Å²) in [6.07, 6.45) is 48.1. The summed E-state index contributed by atoms with van der Waals surface area (Å²) in [5, 5.41) is 0. The van der Waals surface area contributed by atoms with Crippen LogP contribution in [0.25, 0.3) is 0 Å². The van der Waals surface area contributed by atoms with E-state index in [1.807, 2.05) is 21.1 Å². The van der Waals surface area contributed by atoms with Gasteiger partial charge in [0.15, 0.2) is 6.10 Å². The third kappa shape index (κ3) is 43.3. The molecular weight excluding hydrogens is 750 g/mol. The number of esters is 2. The molecule has 336 valence electrons. The number of phosphoric acid groups is 1. The van der Waals surface area contributed by atoms with Crippen LogP contribution in [0.2, 0.25) is 0 Å². The van der Waals surface area contributed by atoms with Gasteiger partial charge in [0, 0.05) is 12.8 Å². The highest BCUT2D eigenvalue weighted by Gasteiger charge is 2.21. The second kappa shape index (κ2) is 40.1. The standard InChI is InChI=1S/C48H86NO8P/c1-6-8-10-12-14-16-18-20-22-23-24-25-27-29-31-33-35-37-39-41-48(51)57-46(45-56-58(52,53)55-43-42-49(3,4)5)44-54-47(50)40-38-36-34-32-30-28-26-21-19-17-15-13-11-9-7-2/h14-17,20-22,24-26,46H,6-13,18-19,23,27-45H2,1-5H3/b16-14-,17-15-,22-20-,25-24-,26-21-. The zero-order valence-corrected chi connectivity index (χ0v) is 38.6. The van der Waals surface area contributed by atoms with E-state index in [-0.39, 0.29) is 26.1 Å². The van der Waals surface area contributed by atoms with Gasteiger partial charge in [0.25, 0.3) is 7.82 Å². The molecule has 58 heavy (non-hydrogen) atoms. The molecule has 0 rings (SSSR count). The van der Waals surface area contributed by atoms with Crippen molar-refractivity contribution in [3.05, 3.63) is 60.8 Å². The van der Waals surface area contributed by atoms with Gasteiger partial charge in [-0.1, -0.05) is 145 Å². The van der Waals surface area contributed by atoms with Crippen LogP contribution in [-0.4, -0.2) is 70.0 Å². The summed E-state index contributed by atoms with van der Waals surface area (Å²) < 4.78 is 33.9. The van der Waals surface area contributed by atoms with Gasteiger partial charge in [-0.15, -0.1) is 0 Å². The number of quaternary nitrogens is 1. The maximum atomic E-state index is 12.7. The summed E-state index contributed by atoms with van der Waals surface area (Å²) in [7, 11) is 1.14. The van der Waals surface area contributed by atoms with Crippen LogP contribution in [0.5, 0.6) is 0 Å². The lowest BCUT2D eigenvalue weighted by Crippen LogP contribution is -2.37. The molecule has 0 aliphatic rings. The lowest BCUT2D eigenvalue weighted by atomic mass is 10.1. The van der Waals surface area contributed by atoms with Crippen LogP contribution in [0.15, 0.2) is 60.8 Å². The molecule has 2 atom stereocenters. The third-order valence-corrected chi connectivity index (χ3v) is 10.5. The second-order valence-electron chi connectivity index (χ2n) is 16.4. The number of hydrogen-bond acceptors (Lipinski definition) is 8. The first-order valence-electron chi connectivity index (χ1n) is 23.0. The van der Waals surface area contributed by atoms with E-state index in [1.54, 1.807) is 0 Å². The highest BCUT2D eigenvalue weighted by Crippen LogP contribution is 2.38. The first kappa shape index (κ1) is 55.7. The minimum absolute atomic E-state index is 0.0386. The highest BCUT2D eigenvalue weighted by molar-refractivity contribution is 7.45. The van der Waals surface area contributed by atoms with Gasteiger partial charge in [0.1, 0.15) is 19.8 Å². The van der Waals surface area contributed by atoms with Crippen molar-refractivity contribution in [2.75, 3.05) is 47.5 Å². The summed E-state index contributed by atoms with van der Waals surface area (Å²) in [5.74, 6) is -0.868. The SMILES string of the molecule is CCCCC/C=C\C/C=C\C/C=C\CCCCCCCCC(=O)OC(COC(=O)CCCCCCC/C=C\C/C=C\CCCCC)COP(=O)([O-])OCC[N+](C)(C)C. The maximum absolute atomic E-state index is 12.7. The average molecular weight is 836 g/mol. The van der Waals surface area contributed by atoms with E-state index in [4.69, 9.17) is 18.5 Å². The summed E-state index contributed by atoms with van der Waals surface area (Å²) in [6, 6.07) is 0. The zero-order valence-electron chi connectivity index (χ0n) is 37.7. The lowest BCUT2D eigenvalue weighted by Gasteiger charge is -2.28. The Labute approximate surface area is 356 Å². The number of rotatable bonds is 41. The number of ether oxygens (including phenoxy) is 2. The Hall–Kier alpha value is -2.29. The Bertz CT molecular complexity index is 1170. The quantitative estimate of drug-likeness (QED) is 0.0197. The molecule has 0 aromatic heterocycles. The molecule has 2 unspecified atom stereocenters. The molecule has 9 nitrogen and oxygen atoms in total. The van der Waals surface area contributed by atoms with Gasteiger partial charge >= 0.3 is 11.9 Å². The topological polar surface area (TPSA) is 111 Å². The van der Waals surface area contributed by atoms with Gasteiger partial charge < -0.3 is 27.9 Å². The van der Waals surface area contributed by atoms with Crippen molar-refractivity contribution in [1.29, 1.82) is 0 Å². The van der Waals surface area contributed by atoms with E-state index >= 15 is 0 Å². The van der Waals surface area contributed by atoms with Crippen molar-refractivity contribution in [2.45, 2.75) is 187 Å². The van der Waals surface area contributed by atoms with Crippen LogP contribution in [0.1, 0.15) is 181 Å². The fraction of sp³-hybridized carbons (Fsp3) is 0.750. The molecule has 0 bridgehead atoms. The molecule has 0 saturated carbocycles. The van der Waals surface area contributed by atoms with Crippen molar-refractivity contribution in [2.24, 2.45) is 0 Å². The van der Waals surface area contributed by atoms with Crippen LogP contribution in [0.4, 0.5) is 0 Å². The van der Waals surface area contributed by atoms with Crippen LogP contribution < -0.4 is 4.89 Å². The molecule has 0 aromatic rings. The van der Waals surface area contributed by atoms with Crippen molar-refractivity contribution in [3.63, 3.8) is 0 Å². The zero-order chi connectivity index (χ0) is 42.8. The Balaban J connectivity index is 4.39. The van der Waals surface area contributed by atoms with Crippen molar-refractivity contribution < 1.29 is 42.1 Å². The van der Waals surface area contributed by atoms with Crippen LogP contribution in [0.3, 0.4) is 0 Å². The summed E-state index contributed by atoms with van der Waals surface area (Å²) in [6.45, 7) is 4.13. The summed E-state index contributed by atoms with van der Waals surface area (Å²) in [5.41, 5.74) is 0. The van der Waals surface area contributed by atoms with Gasteiger partial charge in [0.05, 0.1) is 27.7 Å². The smallest absolute Gasteiger partial charge is 0.306 e. The number of carbonyl (C=O) groups is 2. The molecule has 0 aliphatic heterocycles. The Morgan fingerprint density at radius 3 is 1.38 bits per heavy atom. The molecule has 0 aromatic carbocycles. The van der Waals surface area contributed by atoms with Crippen LogP contribution in [-0.2, 0) is 32.7 Å². The van der Waals surface area contributed by atoms with Gasteiger partial charge in [-0.25, -0.2) is 0 Å². The van der Waals surface area contributed by atoms with E-state index in [0.29, 0.717) is 23.9 Å². The van der Waals surface area contributed by atoms with E-state index in [2.05, 4.69) is 74.6 Å². The number of nitrogens with zero attached hydrogens (tertiary/aromatic N) is 1. The molecule has 0 heterocycles. The van der Waals surface area contributed by atoms with E-state index < -0.39 is 32.5 Å². The molecule has 10 heteroatoms. The molecule has 0 saturated heterocycles. The van der Waals surface area contributed by atoms with Gasteiger partial charge in [-0.3, -0.25) is 14.2 Å². The predicted octanol–water partition coefficient (Wildman–Crippen LogP) is 12.6. The normalized spacial score (nSPS) is 14.1. The first-order valence-corrected chi connectivity index (χ1v) is 24.5. The molecular formula is C48H86NO8P. The molecule has 0 radical (unpaired) electrons. The third-order valence-electron chi connectivity index (χ3n) is 9.51. The Morgan fingerprint density at radius 1 is 0.534 bits per heavy atom. The number of unbranched alkanes of at least 4 members (excludes halogenated alkanes) is 17. The molecule has 0 amide bonds. The largest absolute Gasteiger partial charge is 0.756 e. The first-order chi connectivity index (χ1) is 28.0. The van der Waals surface area contributed by atoms with Crippen LogP contribution in [0, 0.1) is 0 Å². The van der Waals surface area contributed by atoms with Gasteiger partial charge in [-0.05, 0) is 83.5 Å². The average Bonchev–Trinajstić information content (AvgIpc) is 3.17. The molecule has 0 N–H and O–H groups in total. The maximum Gasteiger partial charge on any atom is 0.306 e. The molecule has 0 aliphatic carbocycles. The summed E-state index contributed by atoms with van der Waals surface area (Å²) >= 11 is 0. The van der Waals surface area contributed by atoms with Crippen molar-refractivity contribution in [3.8, 4) is 0 Å². The highest BCUT2D eigenvalue weighted by atomic mass is 31.2. The number of carbonyl (C=O) groups excluding carboxylic acids is 2. The summed E-state index contributed by atoms with van der Waals surface area (Å²) in [4.78, 5) is 37.6. The minimum Gasteiger partial charge on any atom is -0.756 e.